The number of nitrogens with zero attached hydrogens (tertiary/aromatic N) is 1. The summed E-state index contributed by atoms with van der Waals surface area (Å²) in [6.07, 6.45) is -5.55. The van der Waals surface area contributed by atoms with Crippen molar-refractivity contribution in [2.45, 2.75) is 45.5 Å². The normalized spacial score (nSPS) is 12.1. The number of rotatable bonds is 5. The minimum absolute atomic E-state index is 0.0352. The fourth-order valence-corrected chi connectivity index (χ4v) is 2.85. The molecule has 1 aromatic carbocycles. The largest absolute Gasteiger partial charge is 0.477 e. The molecule has 0 unspecified atom stereocenters. The van der Waals surface area contributed by atoms with Gasteiger partial charge in [-0.15, -0.1) is 0 Å². The number of nitrogens with one attached hydrogen (secondary N) is 1. The fraction of sp³-hybridized carbons (Fsp3) is 0.421. The summed E-state index contributed by atoms with van der Waals surface area (Å²) >= 11 is 0. The van der Waals surface area contributed by atoms with Crippen LogP contribution in [0, 0.1) is 11.6 Å². The third kappa shape index (κ3) is 5.50. The van der Waals surface area contributed by atoms with E-state index >= 15 is 0 Å². The molecule has 1 amide bonds. The Labute approximate surface area is 172 Å². The average molecular weight is 450 g/mol. The lowest BCUT2D eigenvalue weighted by atomic mass is 10.0. The number of hydrogen-bond donors (Lipinski definition) is 2. The molecule has 0 saturated heterocycles. The molecule has 0 aliphatic rings. The van der Waals surface area contributed by atoms with Gasteiger partial charge in [0.05, 0.1) is 10.9 Å². The van der Waals surface area contributed by atoms with Crippen molar-refractivity contribution in [2.24, 2.45) is 0 Å². The summed E-state index contributed by atoms with van der Waals surface area (Å²) in [6.45, 7) is 4.44. The number of aromatic nitrogens is 1. The second-order valence-corrected chi connectivity index (χ2v) is 7.59. The summed E-state index contributed by atoms with van der Waals surface area (Å²) in [5.41, 5.74) is -6.07. The van der Waals surface area contributed by atoms with Crippen molar-refractivity contribution in [2.75, 3.05) is 6.54 Å². The number of halogens is 5. The van der Waals surface area contributed by atoms with Crippen molar-refractivity contribution in [3.63, 3.8) is 0 Å². The van der Waals surface area contributed by atoms with Gasteiger partial charge in [-0.1, -0.05) is 0 Å². The molecule has 2 rings (SSSR count). The highest BCUT2D eigenvalue weighted by Crippen LogP contribution is 2.37. The topological polar surface area (TPSA) is 97.6 Å². The highest BCUT2D eigenvalue weighted by molar-refractivity contribution is 5.93. The first-order valence-electron chi connectivity index (χ1n) is 8.96. The Morgan fingerprint density at radius 2 is 1.81 bits per heavy atom. The fourth-order valence-electron chi connectivity index (χ4n) is 2.85. The Balaban J connectivity index is 2.51. The minimum Gasteiger partial charge on any atom is -0.477 e. The maximum absolute atomic E-state index is 14.0. The molecule has 7 nitrogen and oxygen atoms in total. The standard InChI is InChI=1S/C19H19F5N2O5/c1-18(2,3)31-17(30)25-5-4-6-26-8-10(16(28)29)15(27)9-7-11(20)13(21)12(14(9)26)19(22,23)24/h7-8H,4-6H2,1-3H3,(H,25,30)(H,28,29). The lowest BCUT2D eigenvalue weighted by molar-refractivity contribution is -0.139. The molecule has 170 valence electrons. The number of ether oxygens (including phenoxy) is 1. The van der Waals surface area contributed by atoms with Crippen molar-refractivity contribution in [1.29, 1.82) is 0 Å². The predicted molar refractivity (Wildman–Crippen MR) is 98.9 cm³/mol. The van der Waals surface area contributed by atoms with Gasteiger partial charge in [0, 0.05) is 19.3 Å². The van der Waals surface area contributed by atoms with Gasteiger partial charge in [-0.2, -0.15) is 13.2 Å². The number of aryl methyl sites for hydroxylation is 1. The lowest BCUT2D eigenvalue weighted by Gasteiger charge is -2.20. The lowest BCUT2D eigenvalue weighted by Crippen LogP contribution is -2.33. The van der Waals surface area contributed by atoms with Crippen LogP contribution in [-0.2, 0) is 17.5 Å². The molecule has 0 spiro atoms. The molecule has 1 heterocycles. The first-order chi connectivity index (χ1) is 14.1. The zero-order valence-corrected chi connectivity index (χ0v) is 16.7. The maximum atomic E-state index is 14.0. The number of carboxylic acid groups (broad SMARTS) is 1. The number of amides is 1. The first kappa shape index (κ1) is 24.1. The summed E-state index contributed by atoms with van der Waals surface area (Å²) in [5.74, 6) is -5.88. The number of carboxylic acids is 1. The van der Waals surface area contributed by atoms with Crippen molar-refractivity contribution in [3.8, 4) is 0 Å². The summed E-state index contributed by atoms with van der Waals surface area (Å²) in [5, 5.41) is 10.6. The SMILES string of the molecule is CC(C)(C)OC(=O)NCCCn1cc(C(=O)O)c(=O)c2cc(F)c(F)c(C(F)(F)F)c21. The van der Waals surface area contributed by atoms with Gasteiger partial charge in [0.25, 0.3) is 0 Å². The van der Waals surface area contributed by atoms with Crippen molar-refractivity contribution in [1.82, 2.24) is 9.88 Å². The number of alkyl halides is 3. The molecule has 2 N–H and O–H groups in total. The van der Waals surface area contributed by atoms with E-state index in [4.69, 9.17) is 4.74 Å². The van der Waals surface area contributed by atoms with Gasteiger partial charge < -0.3 is 19.7 Å². The van der Waals surface area contributed by atoms with Crippen LogP contribution >= 0.6 is 0 Å². The summed E-state index contributed by atoms with van der Waals surface area (Å²) in [7, 11) is 0. The summed E-state index contributed by atoms with van der Waals surface area (Å²) in [4.78, 5) is 35.3. The number of carbonyl (C=O) groups is 2. The molecular formula is C19H19F5N2O5. The zero-order chi connectivity index (χ0) is 23.7. The van der Waals surface area contributed by atoms with Crippen LogP contribution < -0.4 is 10.7 Å². The van der Waals surface area contributed by atoms with E-state index in [2.05, 4.69) is 5.32 Å². The number of hydrogen-bond acceptors (Lipinski definition) is 4. The van der Waals surface area contributed by atoms with Crippen LogP contribution in [0.1, 0.15) is 43.1 Å². The first-order valence-corrected chi connectivity index (χ1v) is 8.96. The second kappa shape index (κ2) is 8.52. The van der Waals surface area contributed by atoms with E-state index in [0.29, 0.717) is 10.8 Å². The Bertz CT molecular complexity index is 1090. The van der Waals surface area contributed by atoms with Crippen LogP contribution in [0.15, 0.2) is 17.1 Å². The smallest absolute Gasteiger partial charge is 0.421 e. The number of fused-ring (bicyclic) bond motifs is 1. The Morgan fingerprint density at radius 3 is 2.32 bits per heavy atom. The summed E-state index contributed by atoms with van der Waals surface area (Å²) < 4.78 is 74.0. The van der Waals surface area contributed by atoms with E-state index in [1.807, 2.05) is 0 Å². The Hall–Kier alpha value is -3.18. The molecule has 1 aromatic heterocycles. The van der Waals surface area contributed by atoms with E-state index in [9.17, 15) is 41.4 Å². The van der Waals surface area contributed by atoms with Gasteiger partial charge in [0.15, 0.2) is 11.6 Å². The zero-order valence-electron chi connectivity index (χ0n) is 16.7. The van der Waals surface area contributed by atoms with Gasteiger partial charge in [0.2, 0.25) is 5.43 Å². The van der Waals surface area contributed by atoms with Gasteiger partial charge in [-0.25, -0.2) is 18.4 Å². The van der Waals surface area contributed by atoms with Crippen molar-refractivity contribution >= 4 is 23.0 Å². The Kier molecular flexibility index (Phi) is 6.62. The van der Waals surface area contributed by atoms with Crippen LogP contribution in [0.5, 0.6) is 0 Å². The van der Waals surface area contributed by atoms with Crippen LogP contribution in [0.25, 0.3) is 10.9 Å². The van der Waals surface area contributed by atoms with E-state index in [1.54, 1.807) is 20.8 Å². The molecule has 2 aromatic rings. The second-order valence-electron chi connectivity index (χ2n) is 7.59. The number of pyridine rings is 1. The highest BCUT2D eigenvalue weighted by atomic mass is 19.4. The highest BCUT2D eigenvalue weighted by Gasteiger charge is 2.39. The minimum atomic E-state index is -5.36. The molecule has 31 heavy (non-hydrogen) atoms. The molecule has 0 aliphatic carbocycles. The predicted octanol–water partition coefficient (Wildman–Crippen LogP) is 3.91. The van der Waals surface area contributed by atoms with E-state index in [1.165, 1.54) is 0 Å². The van der Waals surface area contributed by atoms with Gasteiger partial charge >= 0.3 is 18.2 Å². The molecule has 0 atom stereocenters. The number of benzene rings is 1. The van der Waals surface area contributed by atoms with Gasteiger partial charge in [0.1, 0.15) is 16.7 Å². The number of alkyl carbamates (subject to hydrolysis) is 1. The molecule has 0 radical (unpaired) electrons. The van der Waals surface area contributed by atoms with E-state index in [-0.39, 0.29) is 25.6 Å². The van der Waals surface area contributed by atoms with Crippen molar-refractivity contribution < 1.29 is 41.4 Å². The van der Waals surface area contributed by atoms with Gasteiger partial charge in [-0.3, -0.25) is 4.79 Å². The quantitative estimate of drug-likeness (QED) is 0.532. The maximum Gasteiger partial charge on any atom is 0.421 e. The van der Waals surface area contributed by atoms with Crippen LogP contribution in [0.3, 0.4) is 0 Å². The molecule has 0 aliphatic heterocycles. The average Bonchev–Trinajstić information content (AvgIpc) is 2.59. The molecule has 0 fully saturated rings. The van der Waals surface area contributed by atoms with Crippen LogP contribution in [-0.4, -0.2) is 33.9 Å². The van der Waals surface area contributed by atoms with Crippen LogP contribution in [0.4, 0.5) is 26.7 Å². The molecule has 12 heteroatoms. The van der Waals surface area contributed by atoms with E-state index in [0.717, 1.165) is 0 Å². The molecule has 0 bridgehead atoms. The number of aromatic carboxylic acids is 1. The molecular weight excluding hydrogens is 431 g/mol. The monoisotopic (exact) mass is 450 g/mol. The van der Waals surface area contributed by atoms with Crippen LogP contribution in [0.2, 0.25) is 0 Å². The summed E-state index contributed by atoms with van der Waals surface area (Å²) in [6, 6.07) is 0.240. The Morgan fingerprint density at radius 1 is 1.19 bits per heavy atom. The van der Waals surface area contributed by atoms with Gasteiger partial charge in [-0.05, 0) is 33.3 Å². The molecule has 0 saturated carbocycles. The third-order valence-corrected chi connectivity index (χ3v) is 4.01. The van der Waals surface area contributed by atoms with E-state index < -0.39 is 62.9 Å². The third-order valence-electron chi connectivity index (χ3n) is 4.01. The van der Waals surface area contributed by atoms with Crippen molar-refractivity contribution in [3.05, 3.63) is 45.2 Å². The number of carbonyl (C=O) groups excluding carboxylic acids is 1.